The van der Waals surface area contributed by atoms with Crippen molar-refractivity contribution in [1.82, 2.24) is 9.78 Å². The molecule has 8 heteroatoms. The molecule has 0 saturated carbocycles. The van der Waals surface area contributed by atoms with E-state index >= 15 is 0 Å². The Hall–Kier alpha value is -4.10. The minimum absolute atomic E-state index is 0.333. The Labute approximate surface area is 207 Å². The first-order valence-electron chi connectivity index (χ1n) is 11.1. The Morgan fingerprint density at radius 1 is 1.11 bits per heavy atom. The van der Waals surface area contributed by atoms with Gasteiger partial charge in [0.05, 0.1) is 12.8 Å². The van der Waals surface area contributed by atoms with Crippen molar-refractivity contribution in [3.63, 3.8) is 0 Å². The van der Waals surface area contributed by atoms with Crippen LogP contribution in [0.3, 0.4) is 0 Å². The molecule has 176 valence electrons. The first-order valence-corrected chi connectivity index (χ1v) is 11.5. The van der Waals surface area contributed by atoms with Crippen LogP contribution in [-0.4, -0.2) is 22.3 Å². The fourth-order valence-corrected chi connectivity index (χ4v) is 4.12. The highest BCUT2D eigenvalue weighted by atomic mass is 35.5. The number of hydrogen-bond donors (Lipinski definition) is 2. The van der Waals surface area contributed by atoms with Gasteiger partial charge in [0.2, 0.25) is 0 Å². The van der Waals surface area contributed by atoms with Crippen LogP contribution >= 0.6 is 11.6 Å². The molecule has 0 radical (unpaired) electrons. The molecule has 1 aromatic heterocycles. The minimum atomic E-state index is -0.551. The van der Waals surface area contributed by atoms with Gasteiger partial charge in [-0.3, -0.25) is 4.79 Å². The Morgan fingerprint density at radius 2 is 1.86 bits per heavy atom. The predicted octanol–water partition coefficient (Wildman–Crippen LogP) is 6.38. The number of nitrogens with one attached hydrogen (secondary N) is 2. The van der Waals surface area contributed by atoms with E-state index in [1.54, 1.807) is 59.3 Å². The van der Waals surface area contributed by atoms with Gasteiger partial charge in [-0.2, -0.15) is 5.10 Å². The maximum atomic E-state index is 14.8. The van der Waals surface area contributed by atoms with Crippen molar-refractivity contribution in [1.29, 1.82) is 0 Å². The molecule has 2 heterocycles. The number of fused-ring (bicyclic) bond motifs is 1. The van der Waals surface area contributed by atoms with E-state index in [2.05, 4.69) is 15.7 Å². The van der Waals surface area contributed by atoms with Gasteiger partial charge in [0.25, 0.3) is 5.91 Å². The standard InChI is InChI=1S/C27H22ClFN4O2/c1-2-35-20-13-11-19(12-14-20)31-27(34)22-16-30-33-25(21-5-3-4-6-23(21)29)15-24(32-26(22)33)17-7-9-18(28)10-8-17/h3-16,25,32H,2H2,1H3,(H,31,34). The summed E-state index contributed by atoms with van der Waals surface area (Å²) in [5.74, 6) is 0.496. The highest BCUT2D eigenvalue weighted by molar-refractivity contribution is 6.30. The van der Waals surface area contributed by atoms with Crippen molar-refractivity contribution in [3.05, 3.63) is 113 Å². The monoisotopic (exact) mass is 488 g/mol. The highest BCUT2D eigenvalue weighted by Crippen LogP contribution is 2.36. The number of halogens is 2. The fraction of sp³-hybridized carbons (Fsp3) is 0.111. The number of ether oxygens (including phenoxy) is 1. The number of aromatic nitrogens is 2. The van der Waals surface area contributed by atoms with Gasteiger partial charge in [-0.15, -0.1) is 0 Å². The number of rotatable bonds is 6. The van der Waals surface area contributed by atoms with Crippen LogP contribution in [0.1, 0.15) is 34.5 Å². The Kier molecular flexibility index (Phi) is 6.25. The van der Waals surface area contributed by atoms with Gasteiger partial charge in [-0.25, -0.2) is 9.07 Å². The molecule has 0 saturated heterocycles. The molecule has 4 aromatic rings. The third kappa shape index (κ3) is 4.63. The number of benzene rings is 3. The van der Waals surface area contributed by atoms with Crippen molar-refractivity contribution >= 4 is 34.7 Å². The number of carbonyl (C=O) groups excluding carboxylic acids is 1. The van der Waals surface area contributed by atoms with Crippen LogP contribution in [0.5, 0.6) is 5.75 Å². The second-order valence-electron chi connectivity index (χ2n) is 7.94. The number of nitrogens with zero attached hydrogens (tertiary/aromatic N) is 2. The third-order valence-electron chi connectivity index (χ3n) is 5.68. The lowest BCUT2D eigenvalue weighted by Gasteiger charge is -2.26. The van der Waals surface area contributed by atoms with Crippen LogP contribution in [0.25, 0.3) is 5.70 Å². The van der Waals surface area contributed by atoms with Gasteiger partial charge in [0.15, 0.2) is 0 Å². The van der Waals surface area contributed by atoms with Crippen LogP contribution in [0.4, 0.5) is 15.9 Å². The summed E-state index contributed by atoms with van der Waals surface area (Å²) in [7, 11) is 0. The molecule has 5 rings (SSSR count). The minimum Gasteiger partial charge on any atom is -0.494 e. The number of anilines is 2. The molecule has 1 unspecified atom stereocenters. The largest absolute Gasteiger partial charge is 0.494 e. The maximum Gasteiger partial charge on any atom is 0.261 e. The van der Waals surface area contributed by atoms with E-state index in [4.69, 9.17) is 16.3 Å². The molecule has 35 heavy (non-hydrogen) atoms. The molecule has 3 aromatic carbocycles. The van der Waals surface area contributed by atoms with E-state index in [-0.39, 0.29) is 11.7 Å². The Bertz CT molecular complexity index is 1400. The summed E-state index contributed by atoms with van der Waals surface area (Å²) in [5.41, 5.74) is 2.97. The normalized spacial score (nSPS) is 14.5. The molecular weight excluding hydrogens is 467 g/mol. The van der Waals surface area contributed by atoms with Crippen molar-refractivity contribution < 1.29 is 13.9 Å². The second-order valence-corrected chi connectivity index (χ2v) is 8.38. The van der Waals surface area contributed by atoms with E-state index in [0.29, 0.717) is 34.3 Å². The zero-order chi connectivity index (χ0) is 24.4. The molecule has 0 bridgehead atoms. The number of allylic oxidation sites excluding steroid dienone is 1. The summed E-state index contributed by atoms with van der Waals surface area (Å²) in [6, 6.07) is 20.4. The van der Waals surface area contributed by atoms with Crippen LogP contribution < -0.4 is 15.4 Å². The van der Waals surface area contributed by atoms with Gasteiger partial charge in [-0.1, -0.05) is 41.9 Å². The van der Waals surface area contributed by atoms with Crippen LogP contribution in [0.15, 0.2) is 85.1 Å². The number of carbonyl (C=O) groups is 1. The molecule has 2 N–H and O–H groups in total. The van der Waals surface area contributed by atoms with Gasteiger partial charge >= 0.3 is 0 Å². The molecule has 0 aliphatic carbocycles. The van der Waals surface area contributed by atoms with Crippen molar-refractivity contribution in [2.24, 2.45) is 0 Å². The van der Waals surface area contributed by atoms with E-state index in [1.807, 2.05) is 25.1 Å². The van der Waals surface area contributed by atoms with Gasteiger partial charge in [0.1, 0.15) is 29.0 Å². The zero-order valence-electron chi connectivity index (χ0n) is 18.8. The summed E-state index contributed by atoms with van der Waals surface area (Å²) in [4.78, 5) is 13.2. The van der Waals surface area contributed by atoms with Crippen LogP contribution in [0, 0.1) is 5.82 Å². The summed E-state index contributed by atoms with van der Waals surface area (Å²) >= 11 is 6.07. The summed E-state index contributed by atoms with van der Waals surface area (Å²) in [6.07, 6.45) is 3.37. The quantitative estimate of drug-likeness (QED) is 0.330. The van der Waals surface area contributed by atoms with E-state index in [0.717, 1.165) is 17.0 Å². The molecule has 1 aliphatic rings. The van der Waals surface area contributed by atoms with Gasteiger partial charge in [-0.05, 0) is 61.0 Å². The highest BCUT2D eigenvalue weighted by Gasteiger charge is 2.29. The maximum absolute atomic E-state index is 14.8. The van der Waals surface area contributed by atoms with Crippen LogP contribution in [-0.2, 0) is 0 Å². The Balaban J connectivity index is 1.51. The summed E-state index contributed by atoms with van der Waals surface area (Å²) in [5, 5.41) is 11.2. The topological polar surface area (TPSA) is 68.2 Å². The summed E-state index contributed by atoms with van der Waals surface area (Å²) < 4.78 is 21.9. The molecule has 0 fully saturated rings. The fourth-order valence-electron chi connectivity index (χ4n) is 4.00. The lowest BCUT2D eigenvalue weighted by atomic mass is 10.0. The van der Waals surface area contributed by atoms with Crippen molar-refractivity contribution in [2.45, 2.75) is 13.0 Å². The third-order valence-corrected chi connectivity index (χ3v) is 5.94. The van der Waals surface area contributed by atoms with Crippen molar-refractivity contribution in [3.8, 4) is 5.75 Å². The van der Waals surface area contributed by atoms with Crippen molar-refractivity contribution in [2.75, 3.05) is 17.2 Å². The SMILES string of the molecule is CCOc1ccc(NC(=O)c2cnn3c2NC(c2ccc(Cl)cc2)=CC3c2ccccc2F)cc1. The van der Waals surface area contributed by atoms with E-state index in [1.165, 1.54) is 12.3 Å². The Morgan fingerprint density at radius 3 is 2.57 bits per heavy atom. The van der Waals surface area contributed by atoms with Crippen LogP contribution in [0.2, 0.25) is 5.02 Å². The molecular formula is C27H22ClFN4O2. The first kappa shape index (κ1) is 22.7. The average Bonchev–Trinajstić information content (AvgIpc) is 3.30. The lowest BCUT2D eigenvalue weighted by molar-refractivity contribution is 0.102. The first-order chi connectivity index (χ1) is 17.0. The molecule has 0 spiro atoms. The molecule has 6 nitrogen and oxygen atoms in total. The van der Waals surface area contributed by atoms with E-state index in [9.17, 15) is 9.18 Å². The van der Waals surface area contributed by atoms with Gasteiger partial charge in [0, 0.05) is 22.0 Å². The number of hydrogen-bond acceptors (Lipinski definition) is 4. The molecule has 1 aliphatic heterocycles. The van der Waals surface area contributed by atoms with E-state index < -0.39 is 6.04 Å². The molecule has 1 atom stereocenters. The van der Waals surface area contributed by atoms with Gasteiger partial charge < -0.3 is 15.4 Å². The zero-order valence-corrected chi connectivity index (χ0v) is 19.6. The smallest absolute Gasteiger partial charge is 0.261 e. The lowest BCUT2D eigenvalue weighted by Crippen LogP contribution is -2.22. The predicted molar refractivity (Wildman–Crippen MR) is 135 cm³/mol. The average molecular weight is 489 g/mol. The second kappa shape index (κ2) is 9.64. The molecule has 1 amide bonds. The summed E-state index contributed by atoms with van der Waals surface area (Å²) in [6.45, 7) is 2.47. The number of amides is 1.